The van der Waals surface area contributed by atoms with E-state index in [1.54, 1.807) is 36.4 Å². The number of benzene rings is 2. The molecule has 0 radical (unpaired) electrons. The number of nitrogens with one attached hydrogen (secondary N) is 2. The average molecular weight is 390 g/mol. The first-order valence-electron chi connectivity index (χ1n) is 8.45. The Bertz CT molecular complexity index is 908. The van der Waals surface area contributed by atoms with Gasteiger partial charge in [0.1, 0.15) is 0 Å². The summed E-state index contributed by atoms with van der Waals surface area (Å²) in [5.41, 5.74) is 1.24. The van der Waals surface area contributed by atoms with Crippen molar-refractivity contribution in [2.45, 2.75) is 19.8 Å². The third-order valence-electron chi connectivity index (χ3n) is 3.58. The monoisotopic (exact) mass is 390 g/mol. The molecule has 0 saturated carbocycles. The van der Waals surface area contributed by atoms with E-state index in [4.69, 9.17) is 4.74 Å². The fourth-order valence-electron chi connectivity index (χ4n) is 2.25. The zero-order valence-electron chi connectivity index (χ0n) is 15.2. The van der Waals surface area contributed by atoms with Crippen molar-refractivity contribution in [3.05, 3.63) is 59.7 Å². The van der Waals surface area contributed by atoms with Crippen LogP contribution >= 0.6 is 0 Å². The molecule has 2 rings (SSSR count). The number of anilines is 2. The Morgan fingerprint density at radius 2 is 1.70 bits per heavy atom. The molecule has 0 saturated heterocycles. The number of hydrogen-bond acceptors (Lipinski definition) is 5. The molecule has 8 heteroatoms. The van der Waals surface area contributed by atoms with Gasteiger partial charge in [0.05, 0.1) is 29.7 Å². The van der Waals surface area contributed by atoms with E-state index < -0.39 is 21.9 Å². The summed E-state index contributed by atoms with van der Waals surface area (Å²) in [6.45, 7) is 2.38. The van der Waals surface area contributed by atoms with Gasteiger partial charge in [-0.25, -0.2) is 13.2 Å². The summed E-state index contributed by atoms with van der Waals surface area (Å²) in [6, 6.07) is 12.6. The third kappa shape index (κ3) is 6.41. The first-order valence-corrected chi connectivity index (χ1v) is 10.3. The standard InChI is InChI=1S/C19H22N2O5S/c1-3-4-13-26-19(23)14-9-11-15(12-10-14)20-18(22)16-7-5-6-8-17(16)21-27(2,24)25/h5-12,21H,3-4,13H2,1-2H3,(H,20,22). The number of para-hydroxylation sites is 1. The van der Waals surface area contributed by atoms with Crippen molar-refractivity contribution < 1.29 is 22.7 Å². The van der Waals surface area contributed by atoms with E-state index in [-0.39, 0.29) is 11.3 Å². The first-order chi connectivity index (χ1) is 12.8. The summed E-state index contributed by atoms with van der Waals surface area (Å²) < 4.78 is 30.3. The van der Waals surface area contributed by atoms with Crippen molar-refractivity contribution in [3.63, 3.8) is 0 Å². The summed E-state index contributed by atoms with van der Waals surface area (Å²) in [7, 11) is -3.51. The van der Waals surface area contributed by atoms with Crippen LogP contribution < -0.4 is 10.0 Å². The van der Waals surface area contributed by atoms with Gasteiger partial charge in [-0.3, -0.25) is 9.52 Å². The SMILES string of the molecule is CCCCOC(=O)c1ccc(NC(=O)c2ccccc2NS(C)(=O)=O)cc1. The van der Waals surface area contributed by atoms with E-state index in [1.807, 2.05) is 6.92 Å². The van der Waals surface area contributed by atoms with Gasteiger partial charge < -0.3 is 10.1 Å². The van der Waals surface area contributed by atoms with Crippen LogP contribution in [0.15, 0.2) is 48.5 Å². The summed E-state index contributed by atoms with van der Waals surface area (Å²) in [6.07, 6.45) is 2.76. The van der Waals surface area contributed by atoms with Gasteiger partial charge >= 0.3 is 5.97 Å². The Morgan fingerprint density at radius 3 is 2.33 bits per heavy atom. The van der Waals surface area contributed by atoms with Crippen LogP contribution in [-0.4, -0.2) is 33.2 Å². The van der Waals surface area contributed by atoms with Crippen LogP contribution in [0, 0.1) is 0 Å². The van der Waals surface area contributed by atoms with E-state index in [0.29, 0.717) is 17.9 Å². The number of sulfonamides is 1. The highest BCUT2D eigenvalue weighted by Crippen LogP contribution is 2.19. The lowest BCUT2D eigenvalue weighted by Crippen LogP contribution is -2.17. The minimum absolute atomic E-state index is 0.186. The van der Waals surface area contributed by atoms with E-state index >= 15 is 0 Å². The van der Waals surface area contributed by atoms with Crippen LogP contribution in [0.4, 0.5) is 11.4 Å². The molecule has 0 aliphatic heterocycles. The molecule has 27 heavy (non-hydrogen) atoms. The molecule has 144 valence electrons. The predicted octanol–water partition coefficient (Wildman–Crippen LogP) is 3.27. The van der Waals surface area contributed by atoms with Crippen LogP contribution in [0.1, 0.15) is 40.5 Å². The van der Waals surface area contributed by atoms with Crippen molar-refractivity contribution in [2.24, 2.45) is 0 Å². The zero-order valence-corrected chi connectivity index (χ0v) is 16.0. The van der Waals surface area contributed by atoms with Gasteiger partial charge in [0.15, 0.2) is 0 Å². The molecular weight excluding hydrogens is 368 g/mol. The van der Waals surface area contributed by atoms with Gasteiger partial charge in [-0.15, -0.1) is 0 Å². The molecule has 0 unspecified atom stereocenters. The third-order valence-corrected chi connectivity index (χ3v) is 4.17. The van der Waals surface area contributed by atoms with Gasteiger partial charge in [0.2, 0.25) is 10.0 Å². The summed E-state index contributed by atoms with van der Waals surface area (Å²) in [4.78, 5) is 24.4. The average Bonchev–Trinajstić information content (AvgIpc) is 2.61. The topological polar surface area (TPSA) is 102 Å². The van der Waals surface area contributed by atoms with Crippen LogP contribution in [0.2, 0.25) is 0 Å². The Kier molecular flexibility index (Phi) is 6.95. The Morgan fingerprint density at radius 1 is 1.04 bits per heavy atom. The number of unbranched alkanes of at least 4 members (excludes halogenated alkanes) is 1. The highest BCUT2D eigenvalue weighted by molar-refractivity contribution is 7.92. The second-order valence-corrected chi connectivity index (χ2v) is 7.69. The number of hydrogen-bond donors (Lipinski definition) is 2. The molecule has 0 bridgehead atoms. The molecule has 0 heterocycles. The molecule has 2 N–H and O–H groups in total. The van der Waals surface area contributed by atoms with Crippen molar-refractivity contribution in [2.75, 3.05) is 22.9 Å². The van der Waals surface area contributed by atoms with Gasteiger partial charge in [-0.2, -0.15) is 0 Å². The van der Waals surface area contributed by atoms with Crippen molar-refractivity contribution in [1.29, 1.82) is 0 Å². The number of carbonyl (C=O) groups is 2. The largest absolute Gasteiger partial charge is 0.462 e. The highest BCUT2D eigenvalue weighted by Gasteiger charge is 2.14. The molecular formula is C19H22N2O5S. The predicted molar refractivity (Wildman–Crippen MR) is 104 cm³/mol. The molecule has 2 aromatic rings. The van der Waals surface area contributed by atoms with Gasteiger partial charge in [-0.1, -0.05) is 25.5 Å². The lowest BCUT2D eigenvalue weighted by molar-refractivity contribution is 0.0499. The number of carbonyl (C=O) groups excluding carboxylic acids is 2. The number of rotatable bonds is 8. The second kappa shape index (κ2) is 9.18. The zero-order chi connectivity index (χ0) is 19.9. The molecule has 0 aromatic heterocycles. The smallest absolute Gasteiger partial charge is 0.338 e. The van der Waals surface area contributed by atoms with E-state index in [0.717, 1.165) is 19.1 Å². The van der Waals surface area contributed by atoms with E-state index in [2.05, 4.69) is 10.0 Å². The van der Waals surface area contributed by atoms with Crippen LogP contribution in [0.3, 0.4) is 0 Å². The Balaban J connectivity index is 2.07. The van der Waals surface area contributed by atoms with Crippen LogP contribution in [-0.2, 0) is 14.8 Å². The summed E-state index contributed by atoms with van der Waals surface area (Å²) in [5, 5.41) is 2.68. The molecule has 2 aromatic carbocycles. The number of ether oxygens (including phenoxy) is 1. The normalized spacial score (nSPS) is 10.9. The molecule has 0 aliphatic rings. The quantitative estimate of drug-likeness (QED) is 0.532. The molecule has 7 nitrogen and oxygen atoms in total. The van der Waals surface area contributed by atoms with Gasteiger partial charge in [0.25, 0.3) is 5.91 Å². The lowest BCUT2D eigenvalue weighted by atomic mass is 10.1. The van der Waals surface area contributed by atoms with Gasteiger partial charge in [0, 0.05) is 5.69 Å². The Labute approximate surface area is 158 Å². The number of amides is 1. The fraction of sp³-hybridized carbons (Fsp3) is 0.263. The maximum atomic E-state index is 12.5. The molecule has 0 fully saturated rings. The van der Waals surface area contributed by atoms with Crippen LogP contribution in [0.5, 0.6) is 0 Å². The van der Waals surface area contributed by atoms with E-state index in [9.17, 15) is 18.0 Å². The molecule has 1 amide bonds. The lowest BCUT2D eigenvalue weighted by Gasteiger charge is -2.11. The van der Waals surface area contributed by atoms with Crippen molar-refractivity contribution in [3.8, 4) is 0 Å². The maximum Gasteiger partial charge on any atom is 0.338 e. The fourth-order valence-corrected chi connectivity index (χ4v) is 2.83. The highest BCUT2D eigenvalue weighted by atomic mass is 32.2. The first kappa shape index (κ1) is 20.4. The van der Waals surface area contributed by atoms with E-state index in [1.165, 1.54) is 12.1 Å². The molecule has 0 spiro atoms. The Hall–Kier alpha value is -2.87. The minimum Gasteiger partial charge on any atom is -0.462 e. The number of esters is 1. The summed E-state index contributed by atoms with van der Waals surface area (Å²) >= 11 is 0. The molecule has 0 aliphatic carbocycles. The summed E-state index contributed by atoms with van der Waals surface area (Å²) in [5.74, 6) is -0.885. The maximum absolute atomic E-state index is 12.5. The van der Waals surface area contributed by atoms with Gasteiger partial charge in [-0.05, 0) is 42.8 Å². The second-order valence-electron chi connectivity index (χ2n) is 5.94. The van der Waals surface area contributed by atoms with Crippen LogP contribution in [0.25, 0.3) is 0 Å². The van der Waals surface area contributed by atoms with Crippen molar-refractivity contribution >= 4 is 33.3 Å². The minimum atomic E-state index is -3.51. The van der Waals surface area contributed by atoms with Crippen molar-refractivity contribution in [1.82, 2.24) is 0 Å². The molecule has 0 atom stereocenters.